The predicted octanol–water partition coefficient (Wildman–Crippen LogP) is 2.83. The molecule has 2 aromatic rings. The molecule has 0 aliphatic heterocycles. The van der Waals surface area contributed by atoms with E-state index in [9.17, 15) is 13.9 Å². The Balaban J connectivity index is 2.02. The number of rotatable bonds is 5. The van der Waals surface area contributed by atoms with E-state index >= 15 is 0 Å². The molecule has 0 bridgehead atoms. The van der Waals surface area contributed by atoms with Gasteiger partial charge in [-0.05, 0) is 32.2 Å². The average molecular weight is 292 g/mol. The minimum Gasteiger partial charge on any atom is -0.387 e. The minimum absolute atomic E-state index is 0.0287. The summed E-state index contributed by atoms with van der Waals surface area (Å²) in [5.74, 6) is -1.94. The molecule has 0 spiro atoms. The van der Waals surface area contributed by atoms with Crippen LogP contribution in [0.5, 0.6) is 0 Å². The van der Waals surface area contributed by atoms with Crippen LogP contribution in [0.2, 0.25) is 0 Å². The summed E-state index contributed by atoms with van der Waals surface area (Å²) in [4.78, 5) is 6.18. The maximum atomic E-state index is 13.6. The molecule has 1 heterocycles. The topological polar surface area (TPSA) is 36.4 Å². The highest BCUT2D eigenvalue weighted by Gasteiger charge is 2.17. The Bertz CT molecular complexity index is 619. The molecule has 1 atom stereocenters. The summed E-state index contributed by atoms with van der Waals surface area (Å²) >= 11 is 0. The zero-order valence-electron chi connectivity index (χ0n) is 12.1. The van der Waals surface area contributed by atoms with Gasteiger partial charge in [0.1, 0.15) is 0 Å². The van der Waals surface area contributed by atoms with Gasteiger partial charge in [0.05, 0.1) is 11.8 Å². The average Bonchev–Trinajstić information content (AvgIpc) is 2.41. The molecule has 1 unspecified atom stereocenters. The van der Waals surface area contributed by atoms with E-state index in [0.29, 0.717) is 6.54 Å². The van der Waals surface area contributed by atoms with Crippen LogP contribution in [-0.2, 0) is 6.54 Å². The molecule has 3 nitrogen and oxygen atoms in total. The van der Waals surface area contributed by atoms with E-state index in [-0.39, 0.29) is 12.1 Å². The molecule has 0 radical (unpaired) electrons. The number of hydrogen-bond donors (Lipinski definition) is 1. The molecular formula is C16H18F2N2O. The molecule has 0 aliphatic carbocycles. The largest absolute Gasteiger partial charge is 0.387 e. The van der Waals surface area contributed by atoms with E-state index in [4.69, 9.17) is 0 Å². The number of hydrogen-bond acceptors (Lipinski definition) is 3. The van der Waals surface area contributed by atoms with Crippen LogP contribution >= 0.6 is 0 Å². The first-order valence-corrected chi connectivity index (χ1v) is 6.70. The van der Waals surface area contributed by atoms with Crippen LogP contribution in [0.1, 0.15) is 23.1 Å². The molecule has 1 aromatic heterocycles. The maximum absolute atomic E-state index is 13.6. The third-order valence-electron chi connectivity index (χ3n) is 3.20. The number of pyridine rings is 1. The second kappa shape index (κ2) is 6.74. The first-order chi connectivity index (χ1) is 9.97. The molecular weight excluding hydrogens is 274 g/mol. The van der Waals surface area contributed by atoms with E-state index < -0.39 is 17.7 Å². The Hall–Kier alpha value is -1.85. The highest BCUT2D eigenvalue weighted by atomic mass is 19.2. The number of benzene rings is 1. The number of aliphatic hydroxyl groups is 1. The summed E-state index contributed by atoms with van der Waals surface area (Å²) in [7, 11) is 1.80. The molecule has 2 rings (SSSR count). The highest BCUT2D eigenvalue weighted by molar-refractivity contribution is 5.21. The van der Waals surface area contributed by atoms with E-state index in [2.05, 4.69) is 4.98 Å². The molecule has 0 saturated carbocycles. The molecule has 21 heavy (non-hydrogen) atoms. The van der Waals surface area contributed by atoms with Gasteiger partial charge in [-0.1, -0.05) is 18.2 Å². The first-order valence-electron chi connectivity index (χ1n) is 6.70. The zero-order valence-corrected chi connectivity index (χ0v) is 12.1. The SMILES string of the molecule is Cc1cccc(CN(C)CC(O)c2cccc(F)c2F)n1. The Morgan fingerprint density at radius 1 is 1.19 bits per heavy atom. The number of nitrogens with zero attached hydrogens (tertiary/aromatic N) is 2. The van der Waals surface area contributed by atoms with Crippen LogP contribution in [0.4, 0.5) is 8.78 Å². The summed E-state index contributed by atoms with van der Waals surface area (Å²) in [5.41, 5.74) is 1.75. The fourth-order valence-electron chi connectivity index (χ4n) is 2.20. The van der Waals surface area contributed by atoms with Crippen molar-refractivity contribution in [2.75, 3.05) is 13.6 Å². The van der Waals surface area contributed by atoms with Gasteiger partial charge in [-0.3, -0.25) is 9.88 Å². The Kier molecular flexibility index (Phi) is 4.98. The maximum Gasteiger partial charge on any atom is 0.164 e. The standard InChI is InChI=1S/C16H18F2N2O/c1-11-5-3-6-12(19-11)9-20(2)10-15(21)13-7-4-8-14(17)16(13)18/h3-8,15,21H,9-10H2,1-2H3. The van der Waals surface area contributed by atoms with Gasteiger partial charge in [0.25, 0.3) is 0 Å². The number of aliphatic hydroxyl groups excluding tert-OH is 1. The van der Waals surface area contributed by atoms with Crippen LogP contribution in [-0.4, -0.2) is 28.6 Å². The van der Waals surface area contributed by atoms with Crippen molar-refractivity contribution in [3.8, 4) is 0 Å². The van der Waals surface area contributed by atoms with Crippen LogP contribution in [0.15, 0.2) is 36.4 Å². The van der Waals surface area contributed by atoms with Gasteiger partial charge in [0, 0.05) is 24.3 Å². The highest BCUT2D eigenvalue weighted by Crippen LogP contribution is 2.20. The lowest BCUT2D eigenvalue weighted by Gasteiger charge is -2.21. The van der Waals surface area contributed by atoms with Gasteiger partial charge in [0.15, 0.2) is 11.6 Å². The molecule has 0 amide bonds. The van der Waals surface area contributed by atoms with Gasteiger partial charge in [-0.25, -0.2) is 8.78 Å². The lowest BCUT2D eigenvalue weighted by molar-refractivity contribution is 0.119. The van der Waals surface area contributed by atoms with Crippen LogP contribution in [0.3, 0.4) is 0 Å². The van der Waals surface area contributed by atoms with Gasteiger partial charge in [0.2, 0.25) is 0 Å². The van der Waals surface area contributed by atoms with Gasteiger partial charge < -0.3 is 5.11 Å². The van der Waals surface area contributed by atoms with Crippen molar-refractivity contribution in [2.45, 2.75) is 19.6 Å². The first kappa shape index (κ1) is 15.5. The van der Waals surface area contributed by atoms with Crippen LogP contribution in [0, 0.1) is 18.6 Å². The van der Waals surface area contributed by atoms with E-state index in [1.807, 2.05) is 30.0 Å². The van der Waals surface area contributed by atoms with Crippen LogP contribution in [0.25, 0.3) is 0 Å². The van der Waals surface area contributed by atoms with Crippen molar-refractivity contribution >= 4 is 0 Å². The summed E-state index contributed by atoms with van der Waals surface area (Å²) in [6.07, 6.45) is -1.09. The number of likely N-dealkylation sites (N-methyl/N-ethyl adjacent to an activating group) is 1. The molecule has 0 saturated heterocycles. The summed E-state index contributed by atoms with van der Waals surface area (Å²) in [6.45, 7) is 2.62. The predicted molar refractivity (Wildman–Crippen MR) is 76.6 cm³/mol. The minimum atomic E-state index is -1.09. The lowest BCUT2D eigenvalue weighted by Crippen LogP contribution is -2.25. The molecule has 112 valence electrons. The van der Waals surface area contributed by atoms with E-state index in [1.54, 1.807) is 7.05 Å². The number of aromatic nitrogens is 1. The molecule has 0 fully saturated rings. The van der Waals surface area contributed by atoms with Crippen molar-refractivity contribution in [2.24, 2.45) is 0 Å². The van der Waals surface area contributed by atoms with Crippen molar-refractivity contribution in [3.05, 3.63) is 65.0 Å². The van der Waals surface area contributed by atoms with E-state index in [1.165, 1.54) is 12.1 Å². The van der Waals surface area contributed by atoms with Crippen molar-refractivity contribution < 1.29 is 13.9 Å². The Morgan fingerprint density at radius 2 is 1.90 bits per heavy atom. The Morgan fingerprint density at radius 3 is 2.62 bits per heavy atom. The fourth-order valence-corrected chi connectivity index (χ4v) is 2.20. The number of halogens is 2. The van der Waals surface area contributed by atoms with Crippen molar-refractivity contribution in [1.82, 2.24) is 9.88 Å². The van der Waals surface area contributed by atoms with Crippen molar-refractivity contribution in [3.63, 3.8) is 0 Å². The quantitative estimate of drug-likeness (QED) is 0.920. The normalized spacial score (nSPS) is 12.7. The van der Waals surface area contributed by atoms with Gasteiger partial charge in [-0.15, -0.1) is 0 Å². The summed E-state index contributed by atoms with van der Waals surface area (Å²) < 4.78 is 26.8. The second-order valence-corrected chi connectivity index (χ2v) is 5.13. The third kappa shape index (κ3) is 4.06. The Labute approximate surface area is 122 Å². The summed E-state index contributed by atoms with van der Waals surface area (Å²) in [5, 5.41) is 10.1. The fraction of sp³-hybridized carbons (Fsp3) is 0.312. The molecule has 5 heteroatoms. The van der Waals surface area contributed by atoms with Gasteiger partial charge >= 0.3 is 0 Å². The van der Waals surface area contributed by atoms with Crippen molar-refractivity contribution in [1.29, 1.82) is 0 Å². The monoisotopic (exact) mass is 292 g/mol. The van der Waals surface area contributed by atoms with Crippen LogP contribution < -0.4 is 0 Å². The molecule has 0 aliphatic rings. The lowest BCUT2D eigenvalue weighted by atomic mass is 10.1. The second-order valence-electron chi connectivity index (χ2n) is 5.13. The summed E-state index contributed by atoms with van der Waals surface area (Å²) in [6, 6.07) is 9.51. The van der Waals surface area contributed by atoms with Gasteiger partial charge in [-0.2, -0.15) is 0 Å². The van der Waals surface area contributed by atoms with E-state index in [0.717, 1.165) is 17.5 Å². The zero-order chi connectivity index (χ0) is 15.4. The molecule has 1 aromatic carbocycles. The smallest absolute Gasteiger partial charge is 0.164 e. The third-order valence-corrected chi connectivity index (χ3v) is 3.20. The molecule has 1 N–H and O–H groups in total. The number of aryl methyl sites for hydroxylation is 1.